The molecule has 0 unspecified atom stereocenters. The van der Waals surface area contributed by atoms with Gasteiger partial charge in [-0.3, -0.25) is 0 Å². The molecule has 3 aromatic rings. The van der Waals surface area contributed by atoms with Crippen LogP contribution in [-0.2, 0) is 19.6 Å². The Kier molecular flexibility index (Phi) is 4.58. The van der Waals surface area contributed by atoms with Crippen LogP contribution in [0.25, 0.3) is 11.0 Å². The highest BCUT2D eigenvalue weighted by Gasteiger charge is 2.18. The number of fused-ring (bicyclic) bond motifs is 1. The number of aryl methyl sites for hydroxylation is 1. The van der Waals surface area contributed by atoms with E-state index in [4.69, 9.17) is 15.5 Å². The maximum Gasteiger partial charge on any atom is 0.148 e. The molecule has 24 heavy (non-hydrogen) atoms. The lowest BCUT2D eigenvalue weighted by atomic mass is 10.1. The molecule has 0 amide bonds. The lowest BCUT2D eigenvalue weighted by molar-refractivity contribution is 0.285. The monoisotopic (exact) mass is 323 g/mol. The Balaban J connectivity index is 1.86. The van der Waals surface area contributed by atoms with Crippen LogP contribution in [0.15, 0.2) is 48.5 Å². The third-order valence-electron chi connectivity index (χ3n) is 4.00. The Hall–Kier alpha value is -2.33. The lowest BCUT2D eigenvalue weighted by Crippen LogP contribution is -2.37. The Morgan fingerprint density at radius 1 is 1.08 bits per heavy atom. The first kappa shape index (κ1) is 16.5. The molecule has 0 aliphatic carbocycles. The summed E-state index contributed by atoms with van der Waals surface area (Å²) in [6.07, 6.45) is 1.03. The molecule has 0 aliphatic rings. The predicted octanol–water partition coefficient (Wildman–Crippen LogP) is 3.92. The van der Waals surface area contributed by atoms with E-state index < -0.39 is 0 Å². The summed E-state index contributed by atoms with van der Waals surface area (Å²) in [4.78, 5) is 4.73. The highest BCUT2D eigenvalue weighted by atomic mass is 16.5. The van der Waals surface area contributed by atoms with E-state index in [-0.39, 0.29) is 5.54 Å². The third-order valence-corrected chi connectivity index (χ3v) is 4.00. The van der Waals surface area contributed by atoms with Crippen LogP contribution in [0.2, 0.25) is 0 Å². The molecule has 2 aromatic carbocycles. The van der Waals surface area contributed by atoms with E-state index >= 15 is 0 Å². The van der Waals surface area contributed by atoms with Crippen molar-refractivity contribution in [2.75, 3.05) is 0 Å². The zero-order valence-electron chi connectivity index (χ0n) is 14.6. The lowest BCUT2D eigenvalue weighted by Gasteiger charge is -2.21. The van der Waals surface area contributed by atoms with Crippen molar-refractivity contribution in [2.24, 2.45) is 5.73 Å². The molecule has 4 nitrogen and oxygen atoms in total. The van der Waals surface area contributed by atoms with E-state index in [0.29, 0.717) is 13.2 Å². The van der Waals surface area contributed by atoms with Crippen molar-refractivity contribution in [1.82, 2.24) is 9.55 Å². The van der Waals surface area contributed by atoms with Crippen molar-refractivity contribution in [3.63, 3.8) is 0 Å². The second-order valence-electron chi connectivity index (χ2n) is 6.88. The molecule has 0 atom stereocenters. The van der Waals surface area contributed by atoms with Crippen LogP contribution in [0.3, 0.4) is 0 Å². The molecule has 1 heterocycles. The van der Waals surface area contributed by atoms with Gasteiger partial charge in [0.15, 0.2) is 0 Å². The fraction of sp³-hybridized carbons (Fsp3) is 0.350. The van der Waals surface area contributed by atoms with Gasteiger partial charge in [0.2, 0.25) is 0 Å². The maximum absolute atomic E-state index is 6.24. The van der Waals surface area contributed by atoms with E-state index in [0.717, 1.165) is 29.0 Å². The van der Waals surface area contributed by atoms with Gasteiger partial charge < -0.3 is 15.0 Å². The minimum Gasteiger partial charge on any atom is -0.486 e. The van der Waals surface area contributed by atoms with Gasteiger partial charge in [-0.05, 0) is 50.1 Å². The van der Waals surface area contributed by atoms with Crippen molar-refractivity contribution in [3.8, 4) is 5.75 Å². The van der Waals surface area contributed by atoms with Gasteiger partial charge in [-0.15, -0.1) is 0 Å². The molecule has 0 radical (unpaired) electrons. The molecule has 126 valence electrons. The zero-order valence-corrected chi connectivity index (χ0v) is 14.6. The van der Waals surface area contributed by atoms with Gasteiger partial charge in [-0.2, -0.15) is 0 Å². The summed E-state index contributed by atoms with van der Waals surface area (Å²) < 4.78 is 8.11. The molecule has 0 fully saturated rings. The van der Waals surface area contributed by atoms with Gasteiger partial charge in [0.1, 0.15) is 18.2 Å². The first-order valence-corrected chi connectivity index (χ1v) is 8.41. The summed E-state index contributed by atoms with van der Waals surface area (Å²) in [7, 11) is 0. The second-order valence-corrected chi connectivity index (χ2v) is 6.88. The number of hydrogen-bond donors (Lipinski definition) is 1. The zero-order chi connectivity index (χ0) is 17.2. The number of benzene rings is 2. The topological polar surface area (TPSA) is 53.1 Å². The molecule has 0 saturated heterocycles. The van der Waals surface area contributed by atoms with Crippen LogP contribution in [0.4, 0.5) is 0 Å². The molecular formula is C20H25N3O. The number of nitrogens with zero attached hydrogens (tertiary/aromatic N) is 2. The van der Waals surface area contributed by atoms with E-state index in [9.17, 15) is 0 Å². The van der Waals surface area contributed by atoms with Gasteiger partial charge in [0, 0.05) is 12.1 Å². The average Bonchev–Trinajstić information content (AvgIpc) is 2.90. The van der Waals surface area contributed by atoms with Crippen molar-refractivity contribution in [1.29, 1.82) is 0 Å². The summed E-state index contributed by atoms with van der Waals surface area (Å²) in [5, 5.41) is 0. The van der Waals surface area contributed by atoms with Crippen molar-refractivity contribution < 1.29 is 4.74 Å². The maximum atomic E-state index is 6.24. The highest BCUT2D eigenvalue weighted by Crippen LogP contribution is 2.20. The molecule has 2 N–H and O–H groups in total. The standard InChI is InChI=1S/C20H25N3O/c1-4-15-9-11-16(12-10-15)24-13-19-22-17-7-5-6-8-18(17)23(19)14-20(2,3)21/h5-12H,4,13-14,21H2,1-3H3. The Bertz CT molecular complexity index is 813. The molecule has 3 rings (SSSR count). The SMILES string of the molecule is CCc1ccc(OCc2nc3ccccc3n2CC(C)(C)N)cc1. The molecule has 0 spiro atoms. The Morgan fingerprint density at radius 2 is 1.79 bits per heavy atom. The van der Waals surface area contributed by atoms with Crippen LogP contribution >= 0.6 is 0 Å². The van der Waals surface area contributed by atoms with E-state index in [2.05, 4.69) is 29.7 Å². The highest BCUT2D eigenvalue weighted by molar-refractivity contribution is 5.75. The number of para-hydroxylation sites is 2. The molecule has 0 bridgehead atoms. The Morgan fingerprint density at radius 3 is 2.46 bits per heavy atom. The van der Waals surface area contributed by atoms with Crippen LogP contribution < -0.4 is 10.5 Å². The molecule has 4 heteroatoms. The van der Waals surface area contributed by atoms with Crippen molar-refractivity contribution in [3.05, 3.63) is 59.9 Å². The predicted molar refractivity (Wildman–Crippen MR) is 98.2 cm³/mol. The number of imidazole rings is 1. The summed E-state index contributed by atoms with van der Waals surface area (Å²) in [6.45, 7) is 7.32. The van der Waals surface area contributed by atoms with E-state index in [1.807, 2.05) is 44.2 Å². The van der Waals surface area contributed by atoms with Crippen molar-refractivity contribution >= 4 is 11.0 Å². The molecular weight excluding hydrogens is 298 g/mol. The van der Waals surface area contributed by atoms with Crippen LogP contribution in [0, 0.1) is 0 Å². The number of hydrogen-bond acceptors (Lipinski definition) is 3. The molecule has 0 aliphatic heterocycles. The second kappa shape index (κ2) is 6.65. The van der Waals surface area contributed by atoms with Crippen molar-refractivity contribution in [2.45, 2.75) is 45.9 Å². The van der Waals surface area contributed by atoms with Crippen LogP contribution in [0.5, 0.6) is 5.75 Å². The number of rotatable bonds is 6. The van der Waals surface area contributed by atoms with Crippen LogP contribution in [-0.4, -0.2) is 15.1 Å². The summed E-state index contributed by atoms with van der Waals surface area (Å²) >= 11 is 0. The van der Waals surface area contributed by atoms with Gasteiger partial charge in [0.25, 0.3) is 0 Å². The first-order valence-electron chi connectivity index (χ1n) is 8.41. The quantitative estimate of drug-likeness (QED) is 0.748. The van der Waals surface area contributed by atoms with Gasteiger partial charge >= 0.3 is 0 Å². The average molecular weight is 323 g/mol. The normalized spacial score (nSPS) is 11.8. The third kappa shape index (κ3) is 3.77. The fourth-order valence-electron chi connectivity index (χ4n) is 2.79. The smallest absolute Gasteiger partial charge is 0.148 e. The fourth-order valence-corrected chi connectivity index (χ4v) is 2.79. The van der Waals surface area contributed by atoms with E-state index in [1.54, 1.807) is 0 Å². The Labute approximate surface area is 143 Å². The van der Waals surface area contributed by atoms with Gasteiger partial charge in [-0.1, -0.05) is 31.2 Å². The number of ether oxygens (including phenoxy) is 1. The summed E-state index contributed by atoms with van der Waals surface area (Å²) in [6, 6.07) is 16.3. The minimum absolute atomic E-state index is 0.318. The van der Waals surface area contributed by atoms with Gasteiger partial charge in [0.05, 0.1) is 11.0 Å². The largest absolute Gasteiger partial charge is 0.486 e. The summed E-state index contributed by atoms with van der Waals surface area (Å²) in [5.74, 6) is 1.76. The first-order chi connectivity index (χ1) is 11.5. The van der Waals surface area contributed by atoms with E-state index in [1.165, 1.54) is 5.56 Å². The minimum atomic E-state index is -0.318. The molecule has 1 aromatic heterocycles. The van der Waals surface area contributed by atoms with Crippen LogP contribution in [0.1, 0.15) is 32.2 Å². The number of aromatic nitrogens is 2. The summed E-state index contributed by atoms with van der Waals surface area (Å²) in [5.41, 5.74) is 9.29. The number of nitrogens with two attached hydrogens (primary N) is 1. The van der Waals surface area contributed by atoms with Gasteiger partial charge in [-0.25, -0.2) is 4.98 Å². The molecule has 0 saturated carbocycles.